The number of hydrazine groups is 1. The van der Waals surface area contributed by atoms with Crippen molar-refractivity contribution in [1.29, 1.82) is 0 Å². The van der Waals surface area contributed by atoms with Crippen LogP contribution in [0.15, 0.2) is 48.7 Å². The molecule has 3 heterocycles. The molecule has 2 N–H and O–H groups in total. The summed E-state index contributed by atoms with van der Waals surface area (Å²) in [6, 6.07) is 11.8. The van der Waals surface area contributed by atoms with Crippen molar-refractivity contribution in [1.82, 2.24) is 25.6 Å². The van der Waals surface area contributed by atoms with Gasteiger partial charge in [-0.1, -0.05) is 37.3 Å². The van der Waals surface area contributed by atoms with Gasteiger partial charge in [-0.15, -0.1) is 0 Å². The van der Waals surface area contributed by atoms with E-state index in [4.69, 9.17) is 4.74 Å². The largest absolute Gasteiger partial charge is 0.462 e. The molecule has 0 aliphatic carbocycles. The van der Waals surface area contributed by atoms with Crippen LogP contribution in [0.3, 0.4) is 0 Å². The van der Waals surface area contributed by atoms with E-state index in [9.17, 15) is 19.2 Å². The van der Waals surface area contributed by atoms with Crippen LogP contribution in [-0.4, -0.2) is 78.0 Å². The zero-order chi connectivity index (χ0) is 25.7. The van der Waals surface area contributed by atoms with E-state index in [1.165, 1.54) is 6.20 Å². The van der Waals surface area contributed by atoms with E-state index in [-0.39, 0.29) is 6.54 Å². The summed E-state index contributed by atoms with van der Waals surface area (Å²) in [6.45, 7) is 6.37. The predicted octanol–water partition coefficient (Wildman–Crippen LogP) is 1.27. The van der Waals surface area contributed by atoms with Crippen LogP contribution in [-0.2, 0) is 19.9 Å². The van der Waals surface area contributed by atoms with Crippen molar-refractivity contribution in [2.24, 2.45) is 0 Å². The molecule has 190 valence electrons. The molecule has 2 aromatic rings. The number of piperazine rings is 1. The molecular weight excluding hydrogens is 464 g/mol. The van der Waals surface area contributed by atoms with Gasteiger partial charge >= 0.3 is 12.0 Å². The first-order chi connectivity index (χ1) is 17.4. The molecule has 1 aromatic heterocycles. The van der Waals surface area contributed by atoms with Crippen molar-refractivity contribution >= 4 is 29.6 Å². The summed E-state index contributed by atoms with van der Waals surface area (Å²) in [5.41, 5.74) is 2.34. The summed E-state index contributed by atoms with van der Waals surface area (Å²) in [5, 5.41) is 3.53. The lowest BCUT2D eigenvalue weighted by Crippen LogP contribution is -2.54. The summed E-state index contributed by atoms with van der Waals surface area (Å²) in [6.07, 6.45) is 1.85. The molecule has 0 radical (unpaired) electrons. The quantitative estimate of drug-likeness (QED) is 0.415. The maximum atomic E-state index is 13.2. The maximum absolute atomic E-state index is 13.2. The smallest absolute Gasteiger partial charge is 0.344 e. The molecule has 4 amide bonds. The summed E-state index contributed by atoms with van der Waals surface area (Å²) in [4.78, 5) is 58.6. The molecule has 0 saturated carbocycles. The molecule has 0 bridgehead atoms. The number of hydrogen-bond donors (Lipinski definition) is 2. The SMILES string of the molecule is CCOC(=O)c1ccc(N2CCN(CC(=O)NN3C(=O)NC(CC)(c4ccccc4)C3=O)CC2)nc1. The van der Waals surface area contributed by atoms with E-state index < -0.39 is 29.4 Å². The van der Waals surface area contributed by atoms with Gasteiger partial charge in [-0.25, -0.2) is 14.6 Å². The van der Waals surface area contributed by atoms with E-state index in [2.05, 4.69) is 20.6 Å². The zero-order valence-corrected chi connectivity index (χ0v) is 20.4. The Morgan fingerprint density at radius 2 is 1.78 bits per heavy atom. The minimum atomic E-state index is -1.20. The van der Waals surface area contributed by atoms with Crippen molar-refractivity contribution in [2.45, 2.75) is 25.8 Å². The summed E-state index contributed by atoms with van der Waals surface area (Å²) in [5.74, 6) is -0.610. The van der Waals surface area contributed by atoms with Crippen LogP contribution < -0.4 is 15.6 Å². The van der Waals surface area contributed by atoms with Gasteiger partial charge in [-0.05, 0) is 31.0 Å². The molecule has 2 aliphatic rings. The average Bonchev–Trinajstić information content (AvgIpc) is 3.15. The molecule has 4 rings (SSSR count). The molecular formula is C25H30N6O5. The number of anilines is 1. The maximum Gasteiger partial charge on any atom is 0.344 e. The number of rotatable bonds is 8. The third-order valence-corrected chi connectivity index (χ3v) is 6.45. The molecule has 1 unspecified atom stereocenters. The Labute approximate surface area is 209 Å². The number of imide groups is 1. The highest BCUT2D eigenvalue weighted by molar-refractivity contribution is 6.08. The molecule has 2 fully saturated rings. The number of pyridine rings is 1. The highest BCUT2D eigenvalue weighted by Crippen LogP contribution is 2.31. The highest BCUT2D eigenvalue weighted by atomic mass is 16.5. The molecule has 2 aliphatic heterocycles. The second-order valence-corrected chi connectivity index (χ2v) is 8.62. The number of benzene rings is 1. The van der Waals surface area contributed by atoms with Gasteiger partial charge in [0, 0.05) is 32.4 Å². The lowest BCUT2D eigenvalue weighted by atomic mass is 9.87. The van der Waals surface area contributed by atoms with E-state index in [1.54, 1.807) is 43.3 Å². The van der Waals surface area contributed by atoms with Crippen molar-refractivity contribution < 1.29 is 23.9 Å². The topological polar surface area (TPSA) is 124 Å². The lowest BCUT2D eigenvalue weighted by Gasteiger charge is -2.35. The fraction of sp³-hybridized carbons (Fsp3) is 0.400. The highest BCUT2D eigenvalue weighted by Gasteiger charge is 2.52. The number of esters is 1. The van der Waals surface area contributed by atoms with Gasteiger partial charge in [-0.3, -0.25) is 19.9 Å². The Bertz CT molecular complexity index is 1120. The number of carbonyl (C=O) groups excluding carboxylic acids is 4. The second-order valence-electron chi connectivity index (χ2n) is 8.62. The number of nitrogens with zero attached hydrogens (tertiary/aromatic N) is 4. The van der Waals surface area contributed by atoms with Gasteiger partial charge in [0.15, 0.2) is 0 Å². The fourth-order valence-electron chi connectivity index (χ4n) is 4.45. The van der Waals surface area contributed by atoms with Crippen molar-refractivity contribution in [3.8, 4) is 0 Å². The number of nitrogens with one attached hydrogen (secondary N) is 2. The first-order valence-electron chi connectivity index (χ1n) is 12.0. The number of ether oxygens (including phenoxy) is 1. The minimum Gasteiger partial charge on any atom is -0.462 e. The van der Waals surface area contributed by atoms with E-state index in [0.29, 0.717) is 50.3 Å². The number of hydrogen-bond acceptors (Lipinski definition) is 8. The van der Waals surface area contributed by atoms with E-state index in [0.717, 1.165) is 10.8 Å². The Hall–Kier alpha value is -3.99. The summed E-state index contributed by atoms with van der Waals surface area (Å²) >= 11 is 0. The Morgan fingerprint density at radius 1 is 1.06 bits per heavy atom. The molecule has 36 heavy (non-hydrogen) atoms. The van der Waals surface area contributed by atoms with Crippen molar-refractivity contribution in [3.05, 3.63) is 59.8 Å². The number of carbonyl (C=O) groups is 4. The molecule has 0 spiro atoms. The third kappa shape index (κ3) is 5.01. The molecule has 1 atom stereocenters. The van der Waals surface area contributed by atoms with Gasteiger partial charge in [0.25, 0.3) is 11.8 Å². The molecule has 1 aromatic carbocycles. The van der Waals surface area contributed by atoms with E-state index in [1.807, 2.05) is 17.9 Å². The fourth-order valence-corrected chi connectivity index (χ4v) is 4.45. The minimum absolute atomic E-state index is 0.0462. The van der Waals surface area contributed by atoms with Crippen LogP contribution in [0.2, 0.25) is 0 Å². The van der Waals surface area contributed by atoms with Gasteiger partial charge in [-0.2, -0.15) is 5.01 Å². The number of aromatic nitrogens is 1. The Balaban J connectivity index is 1.30. The standard InChI is InChI=1S/C25H30N6O5/c1-3-25(19-8-6-5-7-9-19)23(34)31(24(35)27-25)28-21(32)17-29-12-14-30(15-13-29)20-11-10-18(16-26-20)22(33)36-4-2/h5-11,16H,3-4,12-15,17H2,1-2H3,(H,27,35)(H,28,32). The molecule has 2 saturated heterocycles. The average molecular weight is 495 g/mol. The van der Waals surface area contributed by atoms with Crippen molar-refractivity contribution in [2.75, 3.05) is 44.2 Å². The van der Waals surface area contributed by atoms with Crippen LogP contribution in [0.4, 0.5) is 10.6 Å². The molecule has 11 nitrogen and oxygen atoms in total. The van der Waals surface area contributed by atoms with Gasteiger partial charge in [0.1, 0.15) is 11.4 Å². The monoisotopic (exact) mass is 494 g/mol. The Morgan fingerprint density at radius 3 is 2.39 bits per heavy atom. The summed E-state index contributed by atoms with van der Waals surface area (Å²) < 4.78 is 4.98. The predicted molar refractivity (Wildman–Crippen MR) is 131 cm³/mol. The normalized spacial score (nSPS) is 20.3. The molecule has 11 heteroatoms. The first kappa shape index (κ1) is 25.1. The number of amides is 4. The van der Waals surface area contributed by atoms with Gasteiger partial charge < -0.3 is 15.0 Å². The first-order valence-corrected chi connectivity index (χ1v) is 12.0. The van der Waals surface area contributed by atoms with Crippen LogP contribution in [0.1, 0.15) is 36.2 Å². The summed E-state index contributed by atoms with van der Waals surface area (Å²) in [7, 11) is 0. The van der Waals surface area contributed by atoms with Crippen molar-refractivity contribution in [3.63, 3.8) is 0 Å². The van der Waals surface area contributed by atoms with Crippen LogP contribution in [0.5, 0.6) is 0 Å². The second kappa shape index (κ2) is 10.7. The van der Waals surface area contributed by atoms with Crippen LogP contribution in [0, 0.1) is 0 Å². The van der Waals surface area contributed by atoms with E-state index >= 15 is 0 Å². The van der Waals surface area contributed by atoms with Crippen LogP contribution in [0.25, 0.3) is 0 Å². The third-order valence-electron chi connectivity index (χ3n) is 6.45. The lowest BCUT2D eigenvalue weighted by molar-refractivity contribution is -0.139. The van der Waals surface area contributed by atoms with Crippen LogP contribution >= 0.6 is 0 Å². The van der Waals surface area contributed by atoms with Gasteiger partial charge in [0.05, 0.1) is 18.7 Å². The number of urea groups is 1. The van der Waals surface area contributed by atoms with Gasteiger partial charge in [0.2, 0.25) is 0 Å². The Kier molecular flexibility index (Phi) is 7.49. The zero-order valence-electron chi connectivity index (χ0n) is 20.4.